The van der Waals surface area contributed by atoms with Gasteiger partial charge in [-0.15, -0.1) is 0 Å². The number of nitrogens with two attached hydrogens (primary N) is 1. The number of carbonyl (C=O) groups is 1. The Balaban J connectivity index is 2.84. The summed E-state index contributed by atoms with van der Waals surface area (Å²) in [5.74, 6) is 0.297. The number of rotatable bonds is 4. The third-order valence-corrected chi connectivity index (χ3v) is 2.15. The lowest BCUT2D eigenvalue weighted by Gasteiger charge is -2.12. The summed E-state index contributed by atoms with van der Waals surface area (Å²) in [6.07, 6.45) is 0. The minimum atomic E-state index is -0.304. The first kappa shape index (κ1) is 12.3. The number of amides is 1. The predicted molar refractivity (Wildman–Crippen MR) is 61.4 cm³/mol. The minimum absolute atomic E-state index is 0.109. The number of methoxy groups -OCH3 is 1. The summed E-state index contributed by atoms with van der Waals surface area (Å²) in [4.78, 5) is 11.7. The summed E-state index contributed by atoms with van der Waals surface area (Å²) in [7, 11) is 1.53. The number of hydrogen-bond donors (Lipinski definition) is 3. The van der Waals surface area contributed by atoms with Gasteiger partial charge in [0.15, 0.2) is 0 Å². The maximum atomic E-state index is 11.7. The summed E-state index contributed by atoms with van der Waals surface area (Å²) in [6.45, 7) is 1.60. The Morgan fingerprint density at radius 3 is 2.81 bits per heavy atom. The lowest BCUT2D eigenvalue weighted by atomic mass is 10.1. The van der Waals surface area contributed by atoms with Crippen molar-refractivity contribution in [2.75, 3.05) is 19.5 Å². The molecule has 0 aliphatic heterocycles. The van der Waals surface area contributed by atoms with Crippen molar-refractivity contribution in [2.24, 2.45) is 0 Å². The molecule has 0 saturated heterocycles. The Kier molecular flexibility index (Phi) is 4.13. The van der Waals surface area contributed by atoms with E-state index in [1.54, 1.807) is 25.1 Å². The van der Waals surface area contributed by atoms with Crippen molar-refractivity contribution in [1.82, 2.24) is 5.32 Å². The van der Waals surface area contributed by atoms with Crippen LogP contribution in [0, 0.1) is 0 Å². The highest BCUT2D eigenvalue weighted by molar-refractivity contribution is 5.99. The second kappa shape index (κ2) is 5.37. The van der Waals surface area contributed by atoms with Gasteiger partial charge in [-0.05, 0) is 19.1 Å². The van der Waals surface area contributed by atoms with Crippen molar-refractivity contribution < 1.29 is 14.6 Å². The molecule has 4 N–H and O–H groups in total. The van der Waals surface area contributed by atoms with Crippen LogP contribution in [0.5, 0.6) is 5.75 Å². The first-order valence-electron chi connectivity index (χ1n) is 4.93. The summed E-state index contributed by atoms with van der Waals surface area (Å²) < 4.78 is 4.98. The number of carbonyl (C=O) groups excluding carboxylic acids is 1. The quantitative estimate of drug-likeness (QED) is 0.646. The van der Waals surface area contributed by atoms with E-state index < -0.39 is 0 Å². The number of aliphatic hydroxyl groups is 1. The molecule has 0 aliphatic rings. The van der Waals surface area contributed by atoms with E-state index in [0.717, 1.165) is 0 Å². The van der Waals surface area contributed by atoms with Crippen LogP contribution in [-0.4, -0.2) is 30.8 Å². The van der Waals surface area contributed by atoms with Gasteiger partial charge in [0.25, 0.3) is 5.91 Å². The van der Waals surface area contributed by atoms with Crippen LogP contribution in [0.15, 0.2) is 18.2 Å². The molecule has 5 heteroatoms. The zero-order valence-corrected chi connectivity index (χ0v) is 9.36. The van der Waals surface area contributed by atoms with Gasteiger partial charge in [0.2, 0.25) is 0 Å². The summed E-state index contributed by atoms with van der Waals surface area (Å²) in [5.41, 5.74) is 6.44. The van der Waals surface area contributed by atoms with Gasteiger partial charge in [0.05, 0.1) is 19.3 Å². The number of anilines is 1. The van der Waals surface area contributed by atoms with E-state index in [1.165, 1.54) is 7.11 Å². The standard InChI is InChI=1S/C11H16N2O3/c1-7(6-14)13-11(15)9-4-3-8(16-2)5-10(9)12/h3-5,7,14H,6,12H2,1-2H3,(H,13,15)/t7-/m1/s1. The van der Waals surface area contributed by atoms with Gasteiger partial charge < -0.3 is 20.9 Å². The third kappa shape index (κ3) is 2.87. The van der Waals surface area contributed by atoms with E-state index in [9.17, 15) is 4.79 Å². The fourth-order valence-electron chi connectivity index (χ4n) is 1.22. The fourth-order valence-corrected chi connectivity index (χ4v) is 1.22. The molecule has 0 bridgehead atoms. The van der Waals surface area contributed by atoms with E-state index in [2.05, 4.69) is 5.32 Å². The fraction of sp³-hybridized carbons (Fsp3) is 0.364. The highest BCUT2D eigenvalue weighted by Gasteiger charge is 2.12. The number of aliphatic hydroxyl groups excluding tert-OH is 1. The predicted octanol–water partition coefficient (Wildman–Crippen LogP) is 0.388. The minimum Gasteiger partial charge on any atom is -0.497 e. The molecule has 1 amide bonds. The molecular weight excluding hydrogens is 208 g/mol. The van der Waals surface area contributed by atoms with Crippen molar-refractivity contribution >= 4 is 11.6 Å². The molecule has 88 valence electrons. The Morgan fingerprint density at radius 1 is 1.62 bits per heavy atom. The second-order valence-electron chi connectivity index (χ2n) is 3.51. The summed E-state index contributed by atoms with van der Waals surface area (Å²) in [5, 5.41) is 11.4. The summed E-state index contributed by atoms with van der Waals surface area (Å²) in [6, 6.07) is 4.54. The van der Waals surface area contributed by atoms with Crippen LogP contribution in [0.4, 0.5) is 5.69 Å². The van der Waals surface area contributed by atoms with Crippen LogP contribution in [0.25, 0.3) is 0 Å². The SMILES string of the molecule is COc1ccc(C(=O)N[C@H](C)CO)c(N)c1. The zero-order valence-electron chi connectivity index (χ0n) is 9.36. The molecule has 1 rings (SSSR count). The lowest BCUT2D eigenvalue weighted by Crippen LogP contribution is -2.35. The second-order valence-corrected chi connectivity index (χ2v) is 3.51. The molecule has 0 heterocycles. The molecular formula is C11H16N2O3. The highest BCUT2D eigenvalue weighted by Crippen LogP contribution is 2.19. The number of hydrogen-bond acceptors (Lipinski definition) is 4. The van der Waals surface area contributed by atoms with E-state index in [0.29, 0.717) is 17.0 Å². The topological polar surface area (TPSA) is 84.6 Å². The lowest BCUT2D eigenvalue weighted by molar-refractivity contribution is 0.0923. The molecule has 5 nitrogen and oxygen atoms in total. The smallest absolute Gasteiger partial charge is 0.253 e. The number of nitrogens with one attached hydrogen (secondary N) is 1. The van der Waals surface area contributed by atoms with Crippen molar-refractivity contribution in [3.05, 3.63) is 23.8 Å². The van der Waals surface area contributed by atoms with Gasteiger partial charge in [0.1, 0.15) is 5.75 Å². The van der Waals surface area contributed by atoms with Crippen LogP contribution in [0.2, 0.25) is 0 Å². The van der Waals surface area contributed by atoms with Crippen LogP contribution in [0.3, 0.4) is 0 Å². The van der Waals surface area contributed by atoms with Gasteiger partial charge in [-0.25, -0.2) is 0 Å². The Labute approximate surface area is 94.2 Å². The average Bonchev–Trinajstić information content (AvgIpc) is 2.28. The normalized spacial score (nSPS) is 11.9. The number of benzene rings is 1. The van der Waals surface area contributed by atoms with Gasteiger partial charge in [0, 0.05) is 17.8 Å². The van der Waals surface area contributed by atoms with E-state index in [1.807, 2.05) is 0 Å². The molecule has 0 unspecified atom stereocenters. The monoisotopic (exact) mass is 224 g/mol. The maximum absolute atomic E-state index is 11.7. The van der Waals surface area contributed by atoms with Crippen LogP contribution < -0.4 is 15.8 Å². The Morgan fingerprint density at radius 2 is 2.31 bits per heavy atom. The maximum Gasteiger partial charge on any atom is 0.253 e. The van der Waals surface area contributed by atoms with Crippen molar-refractivity contribution in [2.45, 2.75) is 13.0 Å². The average molecular weight is 224 g/mol. The van der Waals surface area contributed by atoms with Crippen LogP contribution >= 0.6 is 0 Å². The Bertz CT molecular complexity index is 379. The van der Waals surface area contributed by atoms with Crippen molar-refractivity contribution in [3.8, 4) is 5.75 Å². The van der Waals surface area contributed by atoms with E-state index in [-0.39, 0.29) is 18.6 Å². The van der Waals surface area contributed by atoms with Crippen molar-refractivity contribution in [1.29, 1.82) is 0 Å². The zero-order chi connectivity index (χ0) is 12.1. The Hall–Kier alpha value is -1.75. The first-order valence-corrected chi connectivity index (χ1v) is 4.93. The molecule has 0 spiro atoms. The highest BCUT2D eigenvalue weighted by atomic mass is 16.5. The molecule has 1 atom stereocenters. The molecule has 1 aromatic rings. The van der Waals surface area contributed by atoms with Crippen LogP contribution in [-0.2, 0) is 0 Å². The summed E-state index contributed by atoms with van der Waals surface area (Å²) >= 11 is 0. The molecule has 0 radical (unpaired) electrons. The van der Waals surface area contributed by atoms with Crippen molar-refractivity contribution in [3.63, 3.8) is 0 Å². The largest absolute Gasteiger partial charge is 0.497 e. The van der Waals surface area contributed by atoms with E-state index in [4.69, 9.17) is 15.6 Å². The number of ether oxygens (including phenoxy) is 1. The molecule has 1 aromatic carbocycles. The molecule has 16 heavy (non-hydrogen) atoms. The first-order chi connectivity index (χ1) is 7.58. The van der Waals surface area contributed by atoms with Gasteiger partial charge in [-0.1, -0.05) is 0 Å². The molecule has 0 aromatic heterocycles. The van der Waals surface area contributed by atoms with Gasteiger partial charge in [-0.2, -0.15) is 0 Å². The number of nitrogen functional groups attached to an aromatic ring is 1. The van der Waals surface area contributed by atoms with Gasteiger partial charge in [-0.3, -0.25) is 4.79 Å². The molecule has 0 aliphatic carbocycles. The van der Waals surface area contributed by atoms with E-state index >= 15 is 0 Å². The van der Waals surface area contributed by atoms with Crippen LogP contribution in [0.1, 0.15) is 17.3 Å². The third-order valence-electron chi connectivity index (χ3n) is 2.15. The molecule has 0 fully saturated rings. The molecule has 0 saturated carbocycles. The van der Waals surface area contributed by atoms with Gasteiger partial charge >= 0.3 is 0 Å².